The lowest BCUT2D eigenvalue weighted by atomic mass is 9.99. The second kappa shape index (κ2) is 12.9. The van der Waals surface area contributed by atoms with E-state index in [1.807, 2.05) is 0 Å². The van der Waals surface area contributed by atoms with E-state index < -0.39 is 36.1 Å². The summed E-state index contributed by atoms with van der Waals surface area (Å²) in [6.45, 7) is 1.36. The minimum atomic E-state index is -1.32. The Morgan fingerprint density at radius 1 is 0.727 bits per heavy atom. The molecule has 33 heavy (non-hydrogen) atoms. The van der Waals surface area contributed by atoms with Crippen LogP contribution in [0.4, 0.5) is 0 Å². The standard InChI is InChI=1S/C23H24O10/c1-15(24)21(27)17-11-5-6-12-18(17)23(29)33-31-20(26)14-8-7-13-19(25)30-32-22(28)16-9-3-2-4-10-16/h2-6,9-12,15,21,24,27H,7-8,13-14H2,1H3. The summed E-state index contributed by atoms with van der Waals surface area (Å²) in [7, 11) is 0. The van der Waals surface area contributed by atoms with Gasteiger partial charge in [0.2, 0.25) is 0 Å². The number of unbranched alkanes of at least 4 members (excludes halogenated alkanes) is 1. The molecule has 10 heteroatoms. The molecule has 2 unspecified atom stereocenters. The lowest BCUT2D eigenvalue weighted by Gasteiger charge is -2.16. The van der Waals surface area contributed by atoms with Gasteiger partial charge in [-0.3, -0.25) is 0 Å². The normalized spacial score (nSPS) is 12.2. The van der Waals surface area contributed by atoms with Gasteiger partial charge in [0, 0.05) is 0 Å². The molecule has 2 rings (SSSR count). The van der Waals surface area contributed by atoms with Gasteiger partial charge in [0.1, 0.15) is 6.10 Å². The van der Waals surface area contributed by atoms with Gasteiger partial charge in [0.05, 0.1) is 30.1 Å². The molecule has 0 aromatic heterocycles. The van der Waals surface area contributed by atoms with Gasteiger partial charge >= 0.3 is 23.9 Å². The Hall–Kier alpha value is -3.76. The molecular formula is C23H24O10. The van der Waals surface area contributed by atoms with Crippen molar-refractivity contribution in [1.82, 2.24) is 0 Å². The Morgan fingerprint density at radius 3 is 1.82 bits per heavy atom. The zero-order chi connectivity index (χ0) is 24.2. The molecule has 0 saturated carbocycles. The lowest BCUT2D eigenvalue weighted by Crippen LogP contribution is -2.19. The van der Waals surface area contributed by atoms with Crippen LogP contribution in [-0.2, 0) is 29.1 Å². The van der Waals surface area contributed by atoms with E-state index in [1.165, 1.54) is 37.3 Å². The van der Waals surface area contributed by atoms with E-state index in [1.54, 1.807) is 24.3 Å². The summed E-state index contributed by atoms with van der Waals surface area (Å²) in [5.41, 5.74) is 0.289. The lowest BCUT2D eigenvalue weighted by molar-refractivity contribution is -0.235. The smallest absolute Gasteiger partial charge is 0.386 e. The summed E-state index contributed by atoms with van der Waals surface area (Å²) in [4.78, 5) is 65.0. The van der Waals surface area contributed by atoms with Crippen molar-refractivity contribution in [3.63, 3.8) is 0 Å². The second-order valence-electron chi connectivity index (χ2n) is 7.00. The average Bonchev–Trinajstić information content (AvgIpc) is 2.83. The van der Waals surface area contributed by atoms with Gasteiger partial charge in [-0.05, 0) is 43.5 Å². The van der Waals surface area contributed by atoms with Gasteiger partial charge in [0.25, 0.3) is 0 Å². The van der Waals surface area contributed by atoms with Crippen LogP contribution >= 0.6 is 0 Å². The number of hydrogen-bond acceptors (Lipinski definition) is 10. The Bertz CT molecular complexity index is 955. The third-order valence-corrected chi connectivity index (χ3v) is 4.40. The zero-order valence-corrected chi connectivity index (χ0v) is 17.8. The number of rotatable bonds is 9. The molecule has 0 amide bonds. The van der Waals surface area contributed by atoms with E-state index in [2.05, 4.69) is 19.6 Å². The molecule has 0 radical (unpaired) electrons. The topological polar surface area (TPSA) is 146 Å². The highest BCUT2D eigenvalue weighted by atomic mass is 17.2. The summed E-state index contributed by atoms with van der Waals surface area (Å²) in [5.74, 6) is -3.45. The SMILES string of the molecule is CC(O)C(O)c1ccccc1C(=O)OOC(=O)CCCCC(=O)OOC(=O)c1ccccc1. The third-order valence-electron chi connectivity index (χ3n) is 4.40. The van der Waals surface area contributed by atoms with Crippen LogP contribution in [0.5, 0.6) is 0 Å². The summed E-state index contributed by atoms with van der Waals surface area (Å²) in [6, 6.07) is 13.9. The van der Waals surface area contributed by atoms with E-state index in [4.69, 9.17) is 0 Å². The summed E-state index contributed by atoms with van der Waals surface area (Å²) in [6.07, 6.45) is -2.27. The molecule has 0 saturated heterocycles. The van der Waals surface area contributed by atoms with Crippen LogP contribution in [0.25, 0.3) is 0 Å². The highest BCUT2D eigenvalue weighted by Gasteiger charge is 2.23. The van der Waals surface area contributed by atoms with Crippen LogP contribution < -0.4 is 0 Å². The minimum Gasteiger partial charge on any atom is -0.390 e. The van der Waals surface area contributed by atoms with Gasteiger partial charge in [-0.15, -0.1) is 0 Å². The molecule has 2 atom stereocenters. The molecule has 10 nitrogen and oxygen atoms in total. The fraction of sp³-hybridized carbons (Fsp3) is 0.304. The fourth-order valence-electron chi connectivity index (χ4n) is 2.66. The highest BCUT2D eigenvalue weighted by molar-refractivity contribution is 5.91. The van der Waals surface area contributed by atoms with Crippen LogP contribution in [0.1, 0.15) is 65.0 Å². The third kappa shape index (κ3) is 8.36. The second-order valence-corrected chi connectivity index (χ2v) is 7.00. The van der Waals surface area contributed by atoms with E-state index in [0.717, 1.165) is 0 Å². The van der Waals surface area contributed by atoms with E-state index >= 15 is 0 Å². The van der Waals surface area contributed by atoms with Gasteiger partial charge in [-0.1, -0.05) is 36.4 Å². The quantitative estimate of drug-likeness (QED) is 0.325. The van der Waals surface area contributed by atoms with E-state index in [0.29, 0.717) is 0 Å². The maximum absolute atomic E-state index is 12.2. The van der Waals surface area contributed by atoms with Gasteiger partial charge < -0.3 is 10.2 Å². The first kappa shape index (κ1) is 25.5. The maximum Gasteiger partial charge on any atom is 0.386 e. The van der Waals surface area contributed by atoms with Gasteiger partial charge in [-0.25, -0.2) is 38.7 Å². The van der Waals surface area contributed by atoms with Crippen molar-refractivity contribution in [2.24, 2.45) is 0 Å². The van der Waals surface area contributed by atoms with E-state index in [-0.39, 0.29) is 42.4 Å². The number of hydrogen-bond donors (Lipinski definition) is 2. The van der Waals surface area contributed by atoms with Crippen LogP contribution in [0.15, 0.2) is 54.6 Å². The van der Waals surface area contributed by atoms with Crippen molar-refractivity contribution < 1.29 is 48.9 Å². The Balaban J connectivity index is 1.66. The summed E-state index contributed by atoms with van der Waals surface area (Å²) >= 11 is 0. The van der Waals surface area contributed by atoms with Crippen LogP contribution in [-0.4, -0.2) is 40.2 Å². The molecule has 2 aromatic rings. The Morgan fingerprint density at radius 2 is 1.24 bits per heavy atom. The average molecular weight is 460 g/mol. The van der Waals surface area contributed by atoms with E-state index in [9.17, 15) is 29.4 Å². The zero-order valence-electron chi connectivity index (χ0n) is 17.8. The maximum atomic E-state index is 12.2. The first-order valence-electron chi connectivity index (χ1n) is 10.1. The van der Waals surface area contributed by atoms with Crippen molar-refractivity contribution in [2.75, 3.05) is 0 Å². The molecular weight excluding hydrogens is 436 g/mol. The molecule has 0 heterocycles. The van der Waals surface area contributed by atoms with Crippen molar-refractivity contribution in [3.05, 3.63) is 71.3 Å². The fourth-order valence-corrected chi connectivity index (χ4v) is 2.66. The minimum absolute atomic E-state index is 0.0634. The van der Waals surface area contributed by atoms with Crippen molar-refractivity contribution in [1.29, 1.82) is 0 Å². The molecule has 0 aliphatic carbocycles. The molecule has 0 bridgehead atoms. The molecule has 2 aromatic carbocycles. The number of carbonyl (C=O) groups is 4. The highest BCUT2D eigenvalue weighted by Crippen LogP contribution is 2.22. The number of aliphatic hydroxyl groups excluding tert-OH is 2. The molecule has 0 spiro atoms. The summed E-state index contributed by atoms with van der Waals surface area (Å²) in [5, 5.41) is 19.5. The summed E-state index contributed by atoms with van der Waals surface area (Å²) < 4.78 is 0. The first-order valence-corrected chi connectivity index (χ1v) is 10.1. The predicted octanol–water partition coefficient (Wildman–Crippen LogP) is 2.59. The molecule has 2 N–H and O–H groups in total. The predicted molar refractivity (Wildman–Crippen MR) is 111 cm³/mol. The monoisotopic (exact) mass is 460 g/mol. The van der Waals surface area contributed by atoms with Crippen molar-refractivity contribution in [3.8, 4) is 0 Å². The van der Waals surface area contributed by atoms with Gasteiger partial charge in [0.15, 0.2) is 0 Å². The molecule has 0 fully saturated rings. The Kier molecular flexibility index (Phi) is 10.00. The Labute approximate surface area is 189 Å². The molecule has 176 valence electrons. The number of carbonyl (C=O) groups excluding carboxylic acids is 4. The van der Waals surface area contributed by atoms with Gasteiger partial charge in [-0.2, -0.15) is 0 Å². The van der Waals surface area contributed by atoms with Crippen LogP contribution in [0.3, 0.4) is 0 Å². The van der Waals surface area contributed by atoms with Crippen molar-refractivity contribution in [2.45, 2.75) is 44.8 Å². The molecule has 0 aliphatic heterocycles. The first-order chi connectivity index (χ1) is 15.8. The largest absolute Gasteiger partial charge is 0.390 e. The number of benzene rings is 2. The van der Waals surface area contributed by atoms with Crippen LogP contribution in [0, 0.1) is 0 Å². The van der Waals surface area contributed by atoms with Crippen LogP contribution in [0.2, 0.25) is 0 Å². The number of aliphatic hydroxyl groups is 2. The molecule has 0 aliphatic rings. The van der Waals surface area contributed by atoms with Crippen molar-refractivity contribution >= 4 is 23.9 Å².